The molecule has 0 atom stereocenters. The smallest absolute Gasteiger partial charge is 0.251 e. The maximum absolute atomic E-state index is 12.4. The van der Waals surface area contributed by atoms with E-state index in [9.17, 15) is 18.0 Å². The van der Waals surface area contributed by atoms with Crippen LogP contribution < -0.4 is 10.6 Å². The monoisotopic (exact) mass is 898 g/mol. The molecule has 0 spiro atoms. The van der Waals surface area contributed by atoms with E-state index < -0.39 is 9.84 Å². The molecular weight excluding hydrogens is 857 g/mol. The van der Waals surface area contributed by atoms with Crippen LogP contribution in [-0.2, 0) is 15.6 Å². The summed E-state index contributed by atoms with van der Waals surface area (Å²) in [6.45, 7) is 0. The van der Waals surface area contributed by atoms with E-state index in [1.165, 1.54) is 0 Å². The molecule has 4 aromatic carbocycles. The molecule has 5 aromatic heterocycles. The highest BCUT2D eigenvalue weighted by Crippen LogP contribution is 2.33. The van der Waals surface area contributed by atoms with Crippen LogP contribution in [0.15, 0.2) is 167 Å². The quantitative estimate of drug-likeness (QED) is 0.113. The molecule has 2 aliphatic carbocycles. The number of hydrogen-bond acceptors (Lipinski definition) is 10. The number of carbonyl (C=O) groups is 2. The average Bonchev–Trinajstić information content (AvgIpc) is 4.16. The number of amides is 2. The van der Waals surface area contributed by atoms with Gasteiger partial charge in [0.1, 0.15) is 10.8 Å². The lowest BCUT2D eigenvalue weighted by molar-refractivity contribution is 0.0942. The van der Waals surface area contributed by atoms with Gasteiger partial charge in [-0.15, -0.1) is 0 Å². The maximum Gasteiger partial charge on any atom is 0.251 e. The second kappa shape index (κ2) is 17.7. The number of thioether (sulfide) groups is 1. The van der Waals surface area contributed by atoms with Gasteiger partial charge in [-0.1, -0.05) is 96.7 Å². The minimum Gasteiger partial charge on any atom is -0.468 e. The Morgan fingerprint density at radius 3 is 1.60 bits per heavy atom. The van der Waals surface area contributed by atoms with Crippen LogP contribution in [0.2, 0.25) is 0 Å². The number of rotatable bonds is 12. The van der Waals surface area contributed by atoms with Gasteiger partial charge >= 0.3 is 0 Å². The van der Waals surface area contributed by atoms with E-state index in [0.717, 1.165) is 82.0 Å². The second-order valence-corrected chi connectivity index (χ2v) is 19.0. The molecule has 2 N–H and O–H groups in total. The summed E-state index contributed by atoms with van der Waals surface area (Å²) in [5.74, 6) is 1.46. The highest BCUT2D eigenvalue weighted by molar-refractivity contribution is 7.98. The van der Waals surface area contributed by atoms with E-state index in [4.69, 9.17) is 14.4 Å². The fourth-order valence-electron chi connectivity index (χ4n) is 7.30. The van der Waals surface area contributed by atoms with E-state index in [2.05, 4.69) is 37.1 Å². The third-order valence-electron chi connectivity index (χ3n) is 11.1. The number of nitrogens with zero attached hydrogens (tertiary/aromatic N) is 6. The molecule has 0 unspecified atom stereocenters. The van der Waals surface area contributed by atoms with Gasteiger partial charge in [0, 0.05) is 64.1 Å². The van der Waals surface area contributed by atoms with Gasteiger partial charge in [0.05, 0.1) is 47.2 Å². The van der Waals surface area contributed by atoms with Crippen LogP contribution in [0.3, 0.4) is 0 Å². The lowest BCUT2D eigenvalue weighted by Crippen LogP contribution is -2.25. The molecule has 13 nitrogen and oxygen atoms in total. The third kappa shape index (κ3) is 9.33. The molecule has 2 fully saturated rings. The summed E-state index contributed by atoms with van der Waals surface area (Å²) in [5.41, 5.74) is 9.05. The zero-order chi connectivity index (χ0) is 44.5. The Hall–Kier alpha value is -7.36. The maximum atomic E-state index is 12.4. The van der Waals surface area contributed by atoms with Crippen molar-refractivity contribution in [2.24, 2.45) is 0 Å². The van der Waals surface area contributed by atoms with E-state index >= 15 is 0 Å². The topological polar surface area (TPSA) is 166 Å². The molecule has 2 saturated carbocycles. The van der Waals surface area contributed by atoms with Gasteiger partial charge in [-0.3, -0.25) is 18.4 Å². The van der Waals surface area contributed by atoms with Crippen molar-refractivity contribution in [3.05, 3.63) is 169 Å². The van der Waals surface area contributed by atoms with Gasteiger partial charge in [-0.25, -0.2) is 28.4 Å². The van der Waals surface area contributed by atoms with Gasteiger partial charge in [0.25, 0.3) is 11.8 Å². The van der Waals surface area contributed by atoms with Gasteiger partial charge < -0.3 is 15.1 Å². The van der Waals surface area contributed by atoms with Crippen molar-refractivity contribution >= 4 is 44.7 Å². The number of aromatic nitrogens is 6. The van der Waals surface area contributed by atoms with E-state index in [0.29, 0.717) is 40.4 Å². The molecule has 2 amide bonds. The molecule has 324 valence electrons. The highest BCUT2D eigenvalue weighted by Gasteiger charge is 2.25. The summed E-state index contributed by atoms with van der Waals surface area (Å²) in [7, 11) is -3.60. The standard InChI is InChI=1S/C27H22N4O2S.C23H20N4O3S/c32-26(29-21-12-13-21)20-10-8-19(9-11-20)24-15-28-25-27(34-17-22-7-4-14-33-22)30-23(16-31(24)25)18-5-2-1-3-6-18;1-31(29,30)23-21-24-13-20(27(21)14-19(26-23)15-5-3-2-4-6-15)16-7-9-17(10-8-16)22(28)25-18-11-12-18/h1-11,14-16,21H,12-13,17H2,(H,29,32);2-10,13-14,18H,11-12H2,1H3,(H,25,28). The van der Waals surface area contributed by atoms with Crippen molar-refractivity contribution in [3.8, 4) is 45.0 Å². The van der Waals surface area contributed by atoms with Crippen molar-refractivity contribution in [2.45, 2.75) is 53.6 Å². The summed E-state index contributed by atoms with van der Waals surface area (Å²) >= 11 is 1.60. The van der Waals surface area contributed by atoms with Gasteiger partial charge in [0.2, 0.25) is 0 Å². The molecule has 9 aromatic rings. The Balaban J connectivity index is 0.000000154. The molecular formula is C50H42N8O5S2. The first-order valence-electron chi connectivity index (χ1n) is 21.2. The largest absolute Gasteiger partial charge is 0.468 e. The minimum absolute atomic E-state index is 0.0145. The SMILES string of the molecule is CS(=O)(=O)c1nc(-c2ccccc2)cn2c(-c3ccc(C(=O)NC4CC4)cc3)cnc12.O=C(NC1CC1)c1ccc(-c2cnc3c(SCc4ccco4)nc(-c4ccccc4)cn23)cc1. The average molecular weight is 899 g/mol. The summed E-state index contributed by atoms with van der Waals surface area (Å²) in [4.78, 5) is 43.0. The Morgan fingerprint density at radius 1 is 0.631 bits per heavy atom. The summed E-state index contributed by atoms with van der Waals surface area (Å²) in [5, 5.41) is 6.78. The van der Waals surface area contributed by atoms with Gasteiger partial charge in [0.15, 0.2) is 26.2 Å². The highest BCUT2D eigenvalue weighted by atomic mass is 32.2. The van der Waals surface area contributed by atoms with Crippen molar-refractivity contribution in [1.29, 1.82) is 0 Å². The first-order valence-corrected chi connectivity index (χ1v) is 24.1. The number of benzene rings is 4. The van der Waals surface area contributed by atoms with Crippen LogP contribution >= 0.6 is 11.8 Å². The normalized spacial score (nSPS) is 13.6. The molecule has 11 rings (SSSR count). The van der Waals surface area contributed by atoms with Crippen molar-refractivity contribution in [2.75, 3.05) is 6.26 Å². The predicted octanol–water partition coefficient (Wildman–Crippen LogP) is 9.20. The predicted molar refractivity (Wildman–Crippen MR) is 250 cm³/mol. The number of sulfone groups is 1. The molecule has 65 heavy (non-hydrogen) atoms. The number of imidazole rings is 2. The number of carbonyl (C=O) groups excluding carboxylic acids is 2. The van der Waals surface area contributed by atoms with Crippen LogP contribution in [0.4, 0.5) is 0 Å². The van der Waals surface area contributed by atoms with Crippen molar-refractivity contribution in [1.82, 2.24) is 39.4 Å². The van der Waals surface area contributed by atoms with Gasteiger partial charge in [-0.05, 0) is 62.1 Å². The first kappa shape index (κ1) is 41.6. The van der Waals surface area contributed by atoms with Gasteiger partial charge in [-0.2, -0.15) is 0 Å². The number of fused-ring (bicyclic) bond motifs is 2. The zero-order valence-corrected chi connectivity index (χ0v) is 36.8. The van der Waals surface area contributed by atoms with E-state index in [1.54, 1.807) is 47.0 Å². The van der Waals surface area contributed by atoms with E-state index in [1.807, 2.05) is 109 Å². The molecule has 2 aliphatic rings. The lowest BCUT2D eigenvalue weighted by atomic mass is 10.1. The lowest BCUT2D eigenvalue weighted by Gasteiger charge is -2.10. The molecule has 0 aliphatic heterocycles. The van der Waals surface area contributed by atoms with E-state index in [-0.39, 0.29) is 22.5 Å². The van der Waals surface area contributed by atoms with Crippen LogP contribution in [0.5, 0.6) is 0 Å². The first-order chi connectivity index (χ1) is 31.6. The number of furan rings is 1. The Morgan fingerprint density at radius 2 is 1.12 bits per heavy atom. The zero-order valence-electron chi connectivity index (χ0n) is 35.2. The fourth-order valence-corrected chi connectivity index (χ4v) is 8.93. The second-order valence-electron chi connectivity index (χ2n) is 16.1. The molecule has 5 heterocycles. The van der Waals surface area contributed by atoms with Crippen molar-refractivity contribution in [3.63, 3.8) is 0 Å². The molecule has 0 radical (unpaired) electrons. The molecule has 15 heteroatoms. The molecule has 0 bridgehead atoms. The number of hydrogen-bond donors (Lipinski definition) is 2. The van der Waals surface area contributed by atoms with Crippen LogP contribution in [-0.4, -0.2) is 67.3 Å². The third-order valence-corrected chi connectivity index (χ3v) is 13.0. The van der Waals surface area contributed by atoms with Crippen LogP contribution in [0.1, 0.15) is 52.2 Å². The van der Waals surface area contributed by atoms with Crippen LogP contribution in [0, 0.1) is 0 Å². The Bertz CT molecular complexity index is 3270. The summed E-state index contributed by atoms with van der Waals surface area (Å²) in [6.07, 6.45) is 14.3. The summed E-state index contributed by atoms with van der Waals surface area (Å²) in [6, 6.07) is 38.9. The minimum atomic E-state index is -3.60. The Kier molecular flexibility index (Phi) is 11.3. The molecule has 0 saturated heterocycles. The van der Waals surface area contributed by atoms with Crippen molar-refractivity contribution < 1.29 is 22.4 Å². The Labute approximate surface area is 378 Å². The number of nitrogens with one attached hydrogen (secondary N) is 2. The fraction of sp³-hybridized carbons (Fsp3) is 0.160. The van der Waals surface area contributed by atoms with Crippen LogP contribution in [0.25, 0.3) is 56.3 Å². The summed E-state index contributed by atoms with van der Waals surface area (Å²) < 4.78 is 34.2.